The molecule has 1 saturated carbocycles. The number of hydrogen-bond donors (Lipinski definition) is 0. The third kappa shape index (κ3) is 1.91. The summed E-state index contributed by atoms with van der Waals surface area (Å²) in [5, 5.41) is 0. The highest BCUT2D eigenvalue weighted by molar-refractivity contribution is 4.90. The highest BCUT2D eigenvalue weighted by atomic mass is 16.5. The summed E-state index contributed by atoms with van der Waals surface area (Å²) in [5.41, 5.74) is 0. The topological polar surface area (TPSA) is 12.5 Å². The molecular formula is C14H25NO. The monoisotopic (exact) mass is 223 g/mol. The summed E-state index contributed by atoms with van der Waals surface area (Å²) in [6.07, 6.45) is 10.3. The van der Waals surface area contributed by atoms with Gasteiger partial charge < -0.3 is 4.74 Å². The van der Waals surface area contributed by atoms with Gasteiger partial charge in [-0.25, -0.2) is 0 Å². The van der Waals surface area contributed by atoms with Crippen LogP contribution in [-0.2, 0) is 4.74 Å². The number of nitrogens with zero attached hydrogens (tertiary/aromatic N) is 1. The molecule has 92 valence electrons. The molecule has 3 fully saturated rings. The highest BCUT2D eigenvalue weighted by Gasteiger charge is 2.40. The molecule has 0 unspecified atom stereocenters. The molecule has 2 heteroatoms. The van der Waals surface area contributed by atoms with E-state index in [0.29, 0.717) is 6.10 Å². The van der Waals surface area contributed by atoms with Gasteiger partial charge in [0.1, 0.15) is 0 Å². The van der Waals surface area contributed by atoms with Crippen molar-refractivity contribution in [2.45, 2.75) is 64.0 Å². The Morgan fingerprint density at radius 3 is 2.75 bits per heavy atom. The first kappa shape index (κ1) is 11.0. The molecule has 0 radical (unpaired) electrons. The van der Waals surface area contributed by atoms with Crippen molar-refractivity contribution in [2.24, 2.45) is 11.8 Å². The predicted molar refractivity (Wildman–Crippen MR) is 65.2 cm³/mol. The van der Waals surface area contributed by atoms with E-state index in [4.69, 9.17) is 4.74 Å². The highest BCUT2D eigenvalue weighted by Crippen LogP contribution is 2.39. The molecule has 16 heavy (non-hydrogen) atoms. The number of ether oxygens (including phenoxy) is 1. The maximum absolute atomic E-state index is 6.17. The van der Waals surface area contributed by atoms with Gasteiger partial charge in [0.2, 0.25) is 0 Å². The Balaban J connectivity index is 1.78. The van der Waals surface area contributed by atoms with Crippen LogP contribution in [0.4, 0.5) is 0 Å². The van der Waals surface area contributed by atoms with E-state index in [1.54, 1.807) is 0 Å². The second kappa shape index (κ2) is 4.66. The van der Waals surface area contributed by atoms with Crippen LogP contribution in [0.3, 0.4) is 0 Å². The average Bonchev–Trinajstić information content (AvgIpc) is 2.49. The van der Waals surface area contributed by atoms with Crippen molar-refractivity contribution in [2.75, 3.05) is 13.3 Å². The Morgan fingerprint density at radius 1 is 1.00 bits per heavy atom. The largest absolute Gasteiger partial charge is 0.363 e. The Kier molecular flexibility index (Phi) is 3.21. The van der Waals surface area contributed by atoms with Crippen LogP contribution in [0.5, 0.6) is 0 Å². The Bertz CT molecular complexity index is 219. The molecular weight excluding hydrogens is 198 g/mol. The molecule has 0 aromatic rings. The molecule has 0 bridgehead atoms. The number of piperidine rings is 1. The van der Waals surface area contributed by atoms with Gasteiger partial charge >= 0.3 is 0 Å². The first-order valence-electron chi connectivity index (χ1n) is 7.22. The molecule has 2 nitrogen and oxygen atoms in total. The predicted octanol–water partition coefficient (Wildman–Crippen LogP) is 3.02. The van der Waals surface area contributed by atoms with E-state index in [1.165, 1.54) is 51.5 Å². The third-order valence-electron chi connectivity index (χ3n) is 5.15. The van der Waals surface area contributed by atoms with Crippen molar-refractivity contribution in [1.82, 2.24) is 4.90 Å². The first-order chi connectivity index (χ1) is 7.86. The van der Waals surface area contributed by atoms with E-state index in [2.05, 4.69) is 11.8 Å². The summed E-state index contributed by atoms with van der Waals surface area (Å²) >= 11 is 0. The lowest BCUT2D eigenvalue weighted by Gasteiger charge is -2.39. The van der Waals surface area contributed by atoms with Gasteiger partial charge in [0.25, 0.3) is 0 Å². The van der Waals surface area contributed by atoms with Crippen LogP contribution in [0.1, 0.15) is 51.9 Å². The fourth-order valence-electron chi connectivity index (χ4n) is 4.18. The van der Waals surface area contributed by atoms with Crippen molar-refractivity contribution >= 4 is 0 Å². The fourth-order valence-corrected chi connectivity index (χ4v) is 4.18. The molecule has 2 heterocycles. The zero-order chi connectivity index (χ0) is 11.0. The zero-order valence-electron chi connectivity index (χ0n) is 10.5. The number of fused-ring (bicyclic) bond motifs is 2. The summed E-state index contributed by atoms with van der Waals surface area (Å²) in [4.78, 5) is 2.62. The molecule has 3 aliphatic rings. The maximum Gasteiger partial charge on any atom is 0.0996 e. The Labute approximate surface area is 99.3 Å². The van der Waals surface area contributed by atoms with Gasteiger partial charge in [-0.3, -0.25) is 4.90 Å². The van der Waals surface area contributed by atoms with Gasteiger partial charge in [-0.1, -0.05) is 26.2 Å². The molecule has 4 atom stereocenters. The van der Waals surface area contributed by atoms with Crippen molar-refractivity contribution < 1.29 is 4.74 Å². The van der Waals surface area contributed by atoms with E-state index in [9.17, 15) is 0 Å². The van der Waals surface area contributed by atoms with Crippen molar-refractivity contribution in [3.8, 4) is 0 Å². The van der Waals surface area contributed by atoms with E-state index in [1.807, 2.05) is 0 Å². The molecule has 0 aromatic carbocycles. The smallest absolute Gasteiger partial charge is 0.0996 e. The lowest BCUT2D eigenvalue weighted by Crippen LogP contribution is -2.44. The van der Waals surface area contributed by atoms with E-state index >= 15 is 0 Å². The van der Waals surface area contributed by atoms with E-state index in [-0.39, 0.29) is 0 Å². The lowest BCUT2D eigenvalue weighted by atomic mass is 9.74. The summed E-state index contributed by atoms with van der Waals surface area (Å²) in [6, 6.07) is 0.821. The number of hydrogen-bond acceptors (Lipinski definition) is 2. The summed E-state index contributed by atoms with van der Waals surface area (Å²) in [7, 11) is 0. The second-order valence-corrected chi connectivity index (χ2v) is 6.02. The van der Waals surface area contributed by atoms with Gasteiger partial charge in [-0.2, -0.15) is 0 Å². The van der Waals surface area contributed by atoms with Crippen molar-refractivity contribution in [1.29, 1.82) is 0 Å². The average molecular weight is 223 g/mol. The quantitative estimate of drug-likeness (QED) is 0.626. The molecule has 0 spiro atoms. The van der Waals surface area contributed by atoms with Gasteiger partial charge in [0.15, 0.2) is 0 Å². The fraction of sp³-hybridized carbons (Fsp3) is 1.00. The van der Waals surface area contributed by atoms with Crippen molar-refractivity contribution in [3.05, 3.63) is 0 Å². The normalized spacial score (nSPS) is 45.6. The van der Waals surface area contributed by atoms with Crippen LogP contribution in [0.2, 0.25) is 0 Å². The maximum atomic E-state index is 6.17. The van der Waals surface area contributed by atoms with Crippen LogP contribution in [0.25, 0.3) is 0 Å². The Hall–Kier alpha value is -0.0800. The van der Waals surface area contributed by atoms with Crippen LogP contribution in [0.15, 0.2) is 0 Å². The molecule has 1 aliphatic carbocycles. The molecule has 0 N–H and O–H groups in total. The summed E-state index contributed by atoms with van der Waals surface area (Å²) in [6.45, 7) is 4.67. The SMILES string of the molecule is C[C@@H]1[C@H]2CCCC[C@@H]2OCN2CCCC[C@@H]12. The standard InChI is InChI=1S/C14H25NO/c1-11-12-6-2-3-8-14(12)16-10-15-9-5-4-7-13(11)15/h11-14H,2-10H2,1H3/t11-,12-,13+,14+/m1/s1. The van der Waals surface area contributed by atoms with Crippen LogP contribution in [-0.4, -0.2) is 30.3 Å². The minimum absolute atomic E-state index is 0.578. The van der Waals surface area contributed by atoms with Gasteiger partial charge in [0, 0.05) is 12.6 Å². The zero-order valence-corrected chi connectivity index (χ0v) is 10.5. The summed E-state index contributed by atoms with van der Waals surface area (Å²) < 4.78 is 6.17. The van der Waals surface area contributed by atoms with E-state index in [0.717, 1.165) is 24.6 Å². The molecule has 0 amide bonds. The number of rotatable bonds is 0. The minimum Gasteiger partial charge on any atom is -0.363 e. The van der Waals surface area contributed by atoms with Crippen molar-refractivity contribution in [3.63, 3.8) is 0 Å². The van der Waals surface area contributed by atoms with Gasteiger partial charge in [0.05, 0.1) is 12.8 Å². The third-order valence-corrected chi connectivity index (χ3v) is 5.15. The second-order valence-electron chi connectivity index (χ2n) is 6.02. The molecule has 0 aromatic heterocycles. The van der Waals surface area contributed by atoms with Crippen LogP contribution < -0.4 is 0 Å². The molecule has 2 aliphatic heterocycles. The Morgan fingerprint density at radius 2 is 1.81 bits per heavy atom. The van der Waals surface area contributed by atoms with E-state index < -0.39 is 0 Å². The van der Waals surface area contributed by atoms with Crippen LogP contribution in [0, 0.1) is 11.8 Å². The van der Waals surface area contributed by atoms with Crippen LogP contribution >= 0.6 is 0 Å². The van der Waals surface area contributed by atoms with Gasteiger partial charge in [-0.15, -0.1) is 0 Å². The minimum atomic E-state index is 0.578. The lowest BCUT2D eigenvalue weighted by molar-refractivity contribution is -0.0466. The van der Waals surface area contributed by atoms with Gasteiger partial charge in [-0.05, 0) is 37.5 Å². The summed E-state index contributed by atoms with van der Waals surface area (Å²) in [5.74, 6) is 1.70. The molecule has 2 saturated heterocycles. The molecule has 3 rings (SSSR count). The first-order valence-corrected chi connectivity index (χ1v) is 7.22.